The highest BCUT2D eigenvalue weighted by atomic mass is 16.7. The molecule has 0 aliphatic heterocycles. The summed E-state index contributed by atoms with van der Waals surface area (Å²) in [6.07, 6.45) is 2.68. The molecule has 4 heteroatoms. The minimum Gasteiger partial charge on any atom is -0.490 e. The highest BCUT2D eigenvalue weighted by Crippen LogP contribution is 2.41. The fraction of sp³-hybridized carbons (Fsp3) is 0.0769. The number of hydrogen-bond donors (Lipinski definition) is 0. The van der Waals surface area contributed by atoms with E-state index in [1.54, 1.807) is 0 Å². The molecular formula is C39H27BO3. The van der Waals surface area contributed by atoms with Crippen molar-refractivity contribution in [2.75, 3.05) is 0 Å². The average molecular weight is 554 g/mol. The third-order valence-corrected chi connectivity index (χ3v) is 8.99. The second kappa shape index (κ2) is 9.67. The molecule has 0 heterocycles. The minimum atomic E-state index is -0.967. The van der Waals surface area contributed by atoms with E-state index in [0.29, 0.717) is 0 Å². The Kier molecular flexibility index (Phi) is 5.49. The lowest BCUT2D eigenvalue weighted by Crippen LogP contribution is -2.37. The van der Waals surface area contributed by atoms with Crippen LogP contribution in [0, 0.1) is 0 Å². The molecule has 0 spiro atoms. The van der Waals surface area contributed by atoms with Crippen molar-refractivity contribution in [2.45, 2.75) is 19.3 Å². The van der Waals surface area contributed by atoms with Gasteiger partial charge in [0, 0.05) is 0 Å². The molecule has 0 saturated carbocycles. The second-order valence-electron chi connectivity index (χ2n) is 11.6. The zero-order valence-electron chi connectivity index (χ0n) is 23.5. The lowest BCUT2D eigenvalue weighted by atomic mass is 10.0. The van der Waals surface area contributed by atoms with Crippen molar-refractivity contribution in [2.24, 2.45) is 0 Å². The highest BCUT2D eigenvalue weighted by molar-refractivity contribution is 6.39. The SMILES string of the molecule is c1ccc2c(c1)Cc1cc(OB(Oc3ccc4c(c3)Cc3ccccc3-4)Oc3ccc4c(c3)Cc3ccccc3-4)ccc1-2. The van der Waals surface area contributed by atoms with E-state index in [9.17, 15) is 0 Å². The molecule has 43 heavy (non-hydrogen) atoms. The van der Waals surface area contributed by atoms with E-state index >= 15 is 0 Å². The quantitative estimate of drug-likeness (QED) is 0.192. The van der Waals surface area contributed by atoms with Gasteiger partial charge in [0.2, 0.25) is 0 Å². The summed E-state index contributed by atoms with van der Waals surface area (Å²) in [5, 5.41) is 0. The Balaban J connectivity index is 1.02. The highest BCUT2D eigenvalue weighted by Gasteiger charge is 2.32. The standard InChI is InChI=1S/C39H27BO3/c1-4-10-34-25(7-1)19-28-22-31(13-16-37(28)34)41-40(42-32-14-17-38-29(23-32)20-26-8-2-5-11-35(26)38)43-33-15-18-39-30(24-33)21-27-9-3-6-12-36(27)39/h1-18,22-24H,19-21H2. The van der Waals surface area contributed by atoms with Crippen LogP contribution in [0.1, 0.15) is 33.4 Å². The van der Waals surface area contributed by atoms with Crippen LogP contribution in [-0.4, -0.2) is 7.32 Å². The maximum atomic E-state index is 6.46. The van der Waals surface area contributed by atoms with Gasteiger partial charge in [-0.1, -0.05) is 91.0 Å². The van der Waals surface area contributed by atoms with Crippen molar-refractivity contribution in [1.82, 2.24) is 0 Å². The number of benzene rings is 6. The van der Waals surface area contributed by atoms with E-state index < -0.39 is 7.32 Å². The van der Waals surface area contributed by atoms with Crippen molar-refractivity contribution in [3.63, 3.8) is 0 Å². The van der Waals surface area contributed by atoms with Gasteiger partial charge in [0.1, 0.15) is 17.2 Å². The zero-order valence-corrected chi connectivity index (χ0v) is 23.5. The Hall–Kier alpha value is -5.22. The molecule has 0 saturated heterocycles. The Morgan fingerprint density at radius 3 is 0.977 bits per heavy atom. The van der Waals surface area contributed by atoms with Crippen molar-refractivity contribution < 1.29 is 14.0 Å². The van der Waals surface area contributed by atoms with Gasteiger partial charge in [0.15, 0.2) is 0 Å². The lowest BCUT2D eigenvalue weighted by molar-refractivity contribution is 0.307. The molecule has 6 aromatic carbocycles. The molecule has 204 valence electrons. The van der Waals surface area contributed by atoms with E-state index in [0.717, 1.165) is 36.5 Å². The molecule has 9 rings (SSSR count). The minimum absolute atomic E-state index is 0.721. The van der Waals surface area contributed by atoms with Crippen LogP contribution in [0.25, 0.3) is 33.4 Å². The molecule has 0 unspecified atom stereocenters. The maximum absolute atomic E-state index is 6.46. The molecule has 0 amide bonds. The first-order valence-electron chi connectivity index (χ1n) is 14.9. The van der Waals surface area contributed by atoms with Crippen LogP contribution >= 0.6 is 0 Å². The van der Waals surface area contributed by atoms with Crippen LogP contribution in [0.4, 0.5) is 0 Å². The molecule has 3 aliphatic carbocycles. The van der Waals surface area contributed by atoms with E-state index in [2.05, 4.69) is 109 Å². The predicted molar refractivity (Wildman–Crippen MR) is 172 cm³/mol. The Morgan fingerprint density at radius 2 is 0.628 bits per heavy atom. The van der Waals surface area contributed by atoms with Gasteiger partial charge < -0.3 is 14.0 Å². The molecule has 0 N–H and O–H groups in total. The number of fused-ring (bicyclic) bond motifs is 9. The molecule has 0 fully saturated rings. The summed E-state index contributed by atoms with van der Waals surface area (Å²) in [4.78, 5) is 0. The third kappa shape index (κ3) is 4.21. The smallest absolute Gasteiger partial charge is 0.490 e. The lowest BCUT2D eigenvalue weighted by Gasteiger charge is -2.18. The summed E-state index contributed by atoms with van der Waals surface area (Å²) in [7, 11) is -0.967. The summed E-state index contributed by atoms with van der Waals surface area (Å²) in [6, 6.07) is 44.6. The molecule has 0 bridgehead atoms. The van der Waals surface area contributed by atoms with Gasteiger partial charge in [-0.25, -0.2) is 0 Å². The van der Waals surface area contributed by atoms with E-state index in [1.807, 2.05) is 18.2 Å². The van der Waals surface area contributed by atoms with E-state index in [4.69, 9.17) is 14.0 Å². The fourth-order valence-corrected chi connectivity index (χ4v) is 6.99. The van der Waals surface area contributed by atoms with Gasteiger partial charge in [-0.05, 0) is 122 Å². The summed E-state index contributed by atoms with van der Waals surface area (Å²) >= 11 is 0. The third-order valence-electron chi connectivity index (χ3n) is 8.99. The van der Waals surface area contributed by atoms with Gasteiger partial charge in [-0.15, -0.1) is 0 Å². The van der Waals surface area contributed by atoms with Crippen LogP contribution in [0.5, 0.6) is 17.2 Å². The summed E-state index contributed by atoms with van der Waals surface area (Å²) in [5.74, 6) is 2.16. The summed E-state index contributed by atoms with van der Waals surface area (Å²) in [6.45, 7) is 0. The van der Waals surface area contributed by atoms with Gasteiger partial charge in [-0.3, -0.25) is 0 Å². The maximum Gasteiger partial charge on any atom is 0.864 e. The van der Waals surface area contributed by atoms with Crippen molar-refractivity contribution in [3.8, 4) is 50.6 Å². The van der Waals surface area contributed by atoms with Crippen molar-refractivity contribution in [1.29, 1.82) is 0 Å². The molecule has 0 radical (unpaired) electrons. The Labute approximate surface area is 251 Å². The number of rotatable bonds is 6. The predicted octanol–water partition coefficient (Wildman–Crippen LogP) is 8.92. The first-order valence-corrected chi connectivity index (χ1v) is 14.9. The molecule has 6 aromatic rings. The van der Waals surface area contributed by atoms with Crippen molar-refractivity contribution in [3.05, 3.63) is 161 Å². The zero-order chi connectivity index (χ0) is 28.3. The molecule has 0 atom stereocenters. The van der Waals surface area contributed by atoms with Crippen LogP contribution in [0.3, 0.4) is 0 Å². The van der Waals surface area contributed by atoms with Crippen LogP contribution in [0.15, 0.2) is 127 Å². The molecular weight excluding hydrogens is 527 g/mol. The molecule has 3 aliphatic rings. The van der Waals surface area contributed by atoms with Crippen molar-refractivity contribution >= 4 is 7.32 Å². The summed E-state index contributed by atoms with van der Waals surface area (Å²) < 4.78 is 19.4. The van der Waals surface area contributed by atoms with Crippen LogP contribution < -0.4 is 14.0 Å². The Bertz CT molecular complexity index is 1830. The first-order chi connectivity index (χ1) is 21.2. The first kappa shape index (κ1) is 24.4. The molecule has 3 nitrogen and oxygen atoms in total. The van der Waals surface area contributed by atoms with Gasteiger partial charge in [0.05, 0.1) is 0 Å². The second-order valence-corrected chi connectivity index (χ2v) is 11.6. The molecule has 0 aromatic heterocycles. The normalized spacial score (nSPS) is 12.8. The monoisotopic (exact) mass is 554 g/mol. The Morgan fingerprint density at radius 1 is 0.326 bits per heavy atom. The van der Waals surface area contributed by atoms with E-state index in [1.165, 1.54) is 66.8 Å². The van der Waals surface area contributed by atoms with E-state index in [-0.39, 0.29) is 0 Å². The van der Waals surface area contributed by atoms with Gasteiger partial charge >= 0.3 is 7.32 Å². The fourth-order valence-electron chi connectivity index (χ4n) is 6.99. The summed E-state index contributed by atoms with van der Waals surface area (Å²) in [5.41, 5.74) is 15.5. The van der Waals surface area contributed by atoms with Gasteiger partial charge in [-0.2, -0.15) is 0 Å². The number of hydrogen-bond acceptors (Lipinski definition) is 3. The average Bonchev–Trinajstić information content (AvgIpc) is 3.71. The van der Waals surface area contributed by atoms with Crippen LogP contribution in [0.2, 0.25) is 0 Å². The largest absolute Gasteiger partial charge is 0.864 e. The van der Waals surface area contributed by atoms with Gasteiger partial charge in [0.25, 0.3) is 0 Å². The van der Waals surface area contributed by atoms with Crippen LogP contribution in [-0.2, 0) is 19.3 Å². The topological polar surface area (TPSA) is 27.7 Å².